The van der Waals surface area contributed by atoms with Gasteiger partial charge in [-0.05, 0) is 42.5 Å². The Bertz CT molecular complexity index is 831. The van der Waals surface area contributed by atoms with Crippen molar-refractivity contribution in [3.8, 4) is 11.8 Å². The molecule has 0 spiro atoms. The Labute approximate surface area is 127 Å². The van der Waals surface area contributed by atoms with Crippen molar-refractivity contribution in [3.05, 3.63) is 58.9 Å². The topological polar surface area (TPSA) is 50.8 Å². The Balaban J connectivity index is 1.85. The van der Waals surface area contributed by atoms with Gasteiger partial charge in [-0.15, -0.1) is 0 Å². The van der Waals surface area contributed by atoms with Crippen LogP contribution in [0, 0.1) is 11.3 Å². The molecule has 21 heavy (non-hydrogen) atoms. The van der Waals surface area contributed by atoms with Gasteiger partial charge in [0.25, 0.3) is 0 Å². The van der Waals surface area contributed by atoms with Gasteiger partial charge in [0, 0.05) is 12.1 Å². The molecule has 5 heteroatoms. The lowest BCUT2D eigenvalue weighted by atomic mass is 10.2. The van der Waals surface area contributed by atoms with E-state index < -0.39 is 0 Å². The molecule has 0 saturated heterocycles. The molecule has 0 aliphatic heterocycles. The zero-order valence-electron chi connectivity index (χ0n) is 11.4. The van der Waals surface area contributed by atoms with Gasteiger partial charge in [0.2, 0.25) is 0 Å². The number of hydrogen-bond donors (Lipinski definition) is 0. The van der Waals surface area contributed by atoms with Gasteiger partial charge in [-0.2, -0.15) is 5.26 Å². The summed E-state index contributed by atoms with van der Waals surface area (Å²) in [6, 6.07) is 14.8. The average molecular weight is 298 g/mol. The third-order valence-electron chi connectivity index (χ3n) is 3.28. The highest BCUT2D eigenvalue weighted by Gasteiger charge is 2.09. The summed E-state index contributed by atoms with van der Waals surface area (Å²) in [5.41, 5.74) is 2.38. The second-order valence-corrected chi connectivity index (χ2v) is 5.08. The second-order valence-electron chi connectivity index (χ2n) is 4.64. The normalized spacial score (nSPS) is 10.5. The third-order valence-corrected chi connectivity index (χ3v) is 3.54. The monoisotopic (exact) mass is 297 g/mol. The van der Waals surface area contributed by atoms with Gasteiger partial charge < -0.3 is 9.30 Å². The quantitative estimate of drug-likeness (QED) is 0.741. The van der Waals surface area contributed by atoms with Gasteiger partial charge in [0.05, 0.1) is 22.7 Å². The smallest absolute Gasteiger partial charge is 0.147 e. The second kappa shape index (κ2) is 5.47. The highest BCUT2D eigenvalue weighted by molar-refractivity contribution is 6.30. The van der Waals surface area contributed by atoms with E-state index in [2.05, 4.69) is 11.1 Å². The van der Waals surface area contributed by atoms with E-state index in [4.69, 9.17) is 21.6 Å². The van der Waals surface area contributed by atoms with Crippen molar-refractivity contribution in [3.63, 3.8) is 0 Å². The van der Waals surface area contributed by atoms with Gasteiger partial charge in [-0.25, -0.2) is 4.98 Å². The Morgan fingerprint density at radius 3 is 2.71 bits per heavy atom. The van der Waals surface area contributed by atoms with Crippen LogP contribution in [0.25, 0.3) is 11.0 Å². The molecule has 1 aromatic heterocycles. The molecule has 0 saturated carbocycles. The fourth-order valence-electron chi connectivity index (χ4n) is 2.13. The molecule has 0 amide bonds. The number of aromatic nitrogens is 2. The van der Waals surface area contributed by atoms with Crippen LogP contribution in [0.3, 0.4) is 0 Å². The van der Waals surface area contributed by atoms with Crippen molar-refractivity contribution in [2.75, 3.05) is 0 Å². The van der Waals surface area contributed by atoms with Crippen LogP contribution in [-0.2, 0) is 13.7 Å². The first-order chi connectivity index (χ1) is 10.2. The van der Waals surface area contributed by atoms with Crippen LogP contribution < -0.4 is 4.74 Å². The van der Waals surface area contributed by atoms with Crippen LogP contribution >= 0.6 is 11.6 Å². The molecule has 0 bridgehead atoms. The summed E-state index contributed by atoms with van der Waals surface area (Å²) < 4.78 is 7.67. The first kappa shape index (κ1) is 13.5. The molecule has 3 rings (SSSR count). The number of halogens is 1. The zero-order chi connectivity index (χ0) is 14.8. The van der Waals surface area contributed by atoms with Gasteiger partial charge in [-0.1, -0.05) is 11.6 Å². The van der Waals surface area contributed by atoms with E-state index in [0.717, 1.165) is 22.6 Å². The van der Waals surface area contributed by atoms with Crippen molar-refractivity contribution < 1.29 is 4.74 Å². The Morgan fingerprint density at radius 1 is 1.24 bits per heavy atom. The van der Waals surface area contributed by atoms with Crippen LogP contribution in [0.15, 0.2) is 42.5 Å². The minimum absolute atomic E-state index is 0.356. The summed E-state index contributed by atoms with van der Waals surface area (Å²) in [4.78, 5) is 4.51. The first-order valence-electron chi connectivity index (χ1n) is 6.41. The molecule has 104 valence electrons. The Hall–Kier alpha value is -2.51. The number of ether oxygens (including phenoxy) is 1. The van der Waals surface area contributed by atoms with Crippen molar-refractivity contribution in [2.24, 2.45) is 7.05 Å². The summed E-state index contributed by atoms with van der Waals surface area (Å²) >= 11 is 5.84. The number of aryl methyl sites for hydroxylation is 1. The lowest BCUT2D eigenvalue weighted by Gasteiger charge is -2.06. The minimum atomic E-state index is 0.356. The molecule has 0 radical (unpaired) electrons. The standard InChI is InChI=1S/C16H12ClN3O/c1-20-15-7-2-11(9-18)8-14(15)19-16(20)10-21-13-5-3-12(17)4-6-13/h2-8H,10H2,1H3. The number of nitriles is 1. The fourth-order valence-corrected chi connectivity index (χ4v) is 2.25. The highest BCUT2D eigenvalue weighted by atomic mass is 35.5. The maximum atomic E-state index is 8.93. The van der Waals surface area contributed by atoms with Gasteiger partial charge >= 0.3 is 0 Å². The molecular formula is C16H12ClN3O. The molecule has 4 nitrogen and oxygen atoms in total. The van der Waals surface area contributed by atoms with E-state index in [1.165, 1.54) is 0 Å². The maximum absolute atomic E-state index is 8.93. The van der Waals surface area contributed by atoms with E-state index in [1.54, 1.807) is 24.3 Å². The SMILES string of the molecule is Cn1c(COc2ccc(Cl)cc2)nc2cc(C#N)ccc21. The lowest BCUT2D eigenvalue weighted by Crippen LogP contribution is -2.03. The predicted octanol–water partition coefficient (Wildman–Crippen LogP) is 3.68. The van der Waals surface area contributed by atoms with Crippen molar-refractivity contribution in [2.45, 2.75) is 6.61 Å². The molecular weight excluding hydrogens is 286 g/mol. The number of rotatable bonds is 3. The van der Waals surface area contributed by atoms with Gasteiger partial charge in [-0.3, -0.25) is 0 Å². The first-order valence-corrected chi connectivity index (χ1v) is 6.79. The van der Waals surface area contributed by atoms with Crippen LogP contribution in [0.2, 0.25) is 5.02 Å². The summed E-state index contributed by atoms with van der Waals surface area (Å²) in [5.74, 6) is 1.54. The van der Waals surface area contributed by atoms with E-state index in [9.17, 15) is 0 Å². The number of nitrogens with zero attached hydrogens (tertiary/aromatic N) is 3. The number of fused-ring (bicyclic) bond motifs is 1. The summed E-state index contributed by atoms with van der Waals surface area (Å²) in [5, 5.41) is 9.60. The Kier molecular flexibility index (Phi) is 3.51. The fraction of sp³-hybridized carbons (Fsp3) is 0.125. The van der Waals surface area contributed by atoms with Crippen molar-refractivity contribution >= 4 is 22.6 Å². The highest BCUT2D eigenvalue weighted by Crippen LogP contribution is 2.19. The molecule has 0 aliphatic rings. The average Bonchev–Trinajstić information content (AvgIpc) is 2.82. The molecule has 0 aliphatic carbocycles. The third kappa shape index (κ3) is 2.69. The van der Waals surface area contributed by atoms with Crippen LogP contribution in [0.5, 0.6) is 5.75 Å². The van der Waals surface area contributed by atoms with Crippen molar-refractivity contribution in [1.82, 2.24) is 9.55 Å². The molecule has 2 aromatic carbocycles. The maximum Gasteiger partial charge on any atom is 0.147 e. The molecule has 0 atom stereocenters. The zero-order valence-corrected chi connectivity index (χ0v) is 12.1. The van der Waals surface area contributed by atoms with Crippen molar-refractivity contribution in [1.29, 1.82) is 5.26 Å². The van der Waals surface area contributed by atoms with Crippen LogP contribution in [0.4, 0.5) is 0 Å². The number of imidazole rings is 1. The summed E-state index contributed by atoms with van der Waals surface area (Å²) in [7, 11) is 1.93. The molecule has 1 heterocycles. The molecule has 0 fully saturated rings. The number of hydrogen-bond acceptors (Lipinski definition) is 3. The predicted molar refractivity (Wildman–Crippen MR) is 81.2 cm³/mol. The van der Waals surface area contributed by atoms with Crippen LogP contribution in [0.1, 0.15) is 11.4 Å². The molecule has 0 N–H and O–H groups in total. The molecule has 0 unspecified atom stereocenters. The van der Waals surface area contributed by atoms with Crippen LogP contribution in [-0.4, -0.2) is 9.55 Å². The Morgan fingerprint density at radius 2 is 2.00 bits per heavy atom. The summed E-state index contributed by atoms with van der Waals surface area (Å²) in [6.45, 7) is 0.356. The minimum Gasteiger partial charge on any atom is -0.486 e. The van der Waals surface area contributed by atoms with E-state index in [-0.39, 0.29) is 0 Å². The molecule has 3 aromatic rings. The van der Waals surface area contributed by atoms with E-state index in [1.807, 2.05) is 29.8 Å². The lowest BCUT2D eigenvalue weighted by molar-refractivity contribution is 0.292. The number of benzene rings is 2. The van der Waals surface area contributed by atoms with Gasteiger partial charge in [0.1, 0.15) is 18.2 Å². The van der Waals surface area contributed by atoms with E-state index >= 15 is 0 Å². The van der Waals surface area contributed by atoms with E-state index in [0.29, 0.717) is 17.2 Å². The largest absolute Gasteiger partial charge is 0.486 e. The van der Waals surface area contributed by atoms with Gasteiger partial charge in [0.15, 0.2) is 0 Å². The summed E-state index contributed by atoms with van der Waals surface area (Å²) in [6.07, 6.45) is 0.